The summed E-state index contributed by atoms with van der Waals surface area (Å²) < 4.78 is 0. The Morgan fingerprint density at radius 3 is 1.68 bits per heavy atom. The van der Waals surface area contributed by atoms with Crippen molar-refractivity contribution in [1.82, 2.24) is 15.0 Å². The Kier molecular flexibility index (Phi) is 6.72. The molecule has 0 amide bonds. The molecule has 5 heteroatoms. The number of nitrogens with zero attached hydrogens (tertiary/aromatic N) is 5. The number of fused-ring (bicyclic) bond motifs is 5. The highest BCUT2D eigenvalue weighted by Gasteiger charge is 2.21. The van der Waals surface area contributed by atoms with Crippen LogP contribution in [0.4, 0.5) is 0 Å². The van der Waals surface area contributed by atoms with E-state index in [1.165, 1.54) is 0 Å². The molecule has 5 nitrogen and oxygen atoms in total. The van der Waals surface area contributed by atoms with Gasteiger partial charge in [-0.25, -0.2) is 15.0 Å². The van der Waals surface area contributed by atoms with Crippen LogP contribution in [0.5, 0.6) is 0 Å². The molecule has 0 aliphatic heterocycles. The highest BCUT2D eigenvalue weighted by Crippen LogP contribution is 2.43. The maximum Gasteiger partial charge on any atom is 0.0992 e. The Hall–Kier alpha value is -6.69. The van der Waals surface area contributed by atoms with Crippen molar-refractivity contribution in [2.45, 2.75) is 6.92 Å². The van der Waals surface area contributed by atoms with Crippen LogP contribution < -0.4 is 0 Å². The van der Waals surface area contributed by atoms with Gasteiger partial charge in [0.15, 0.2) is 0 Å². The average molecular weight is 600 g/mol. The van der Waals surface area contributed by atoms with E-state index in [2.05, 4.69) is 61.5 Å². The molecule has 2 aromatic heterocycles. The third-order valence-corrected chi connectivity index (χ3v) is 8.58. The molecule has 0 aliphatic carbocycles. The smallest absolute Gasteiger partial charge is 0.0992 e. The maximum atomic E-state index is 9.72. The van der Waals surface area contributed by atoms with Crippen LogP contribution in [0.15, 0.2) is 133 Å². The zero-order valence-corrected chi connectivity index (χ0v) is 25.4. The van der Waals surface area contributed by atoms with Gasteiger partial charge in [-0.3, -0.25) is 0 Å². The predicted molar refractivity (Wildman–Crippen MR) is 188 cm³/mol. The van der Waals surface area contributed by atoms with Crippen molar-refractivity contribution in [3.05, 3.63) is 150 Å². The van der Waals surface area contributed by atoms with Gasteiger partial charge >= 0.3 is 0 Å². The summed E-state index contributed by atoms with van der Waals surface area (Å²) in [5.74, 6) is 0. The Morgan fingerprint density at radius 2 is 1.02 bits per heavy atom. The van der Waals surface area contributed by atoms with Crippen molar-refractivity contribution in [3.63, 3.8) is 0 Å². The molecule has 0 bridgehead atoms. The standard InChI is InChI=1S/C42H25N5/c1-26-20-36-42(47-40(30-14-6-3-7-15-30)39(46-36)29-12-4-2-5-13-29)38-34-18-10-11-19-35(34)45-41(37(26)38)33-17-9-8-16-32(33)31-22-27(24-43)21-28(23-31)25-44/h2-23H,1H3. The summed E-state index contributed by atoms with van der Waals surface area (Å²) in [7, 11) is 0. The van der Waals surface area contributed by atoms with Gasteiger partial charge in [-0.05, 0) is 53.9 Å². The number of para-hydroxylation sites is 1. The first-order valence-electron chi connectivity index (χ1n) is 15.3. The lowest BCUT2D eigenvalue weighted by molar-refractivity contribution is 1.29. The number of aromatic nitrogens is 3. The Balaban J connectivity index is 1.50. The van der Waals surface area contributed by atoms with Gasteiger partial charge < -0.3 is 0 Å². The van der Waals surface area contributed by atoms with Crippen LogP contribution in [0.25, 0.3) is 77.6 Å². The van der Waals surface area contributed by atoms with Gasteiger partial charge in [0.05, 0.1) is 56.9 Å². The molecule has 0 aliphatic rings. The van der Waals surface area contributed by atoms with Gasteiger partial charge in [-0.1, -0.05) is 103 Å². The number of hydrogen-bond donors (Lipinski definition) is 0. The van der Waals surface area contributed by atoms with Crippen LogP contribution >= 0.6 is 0 Å². The summed E-state index contributed by atoms with van der Waals surface area (Å²) in [6, 6.07) is 48.4. The molecule has 2 heterocycles. The quantitative estimate of drug-likeness (QED) is 0.188. The van der Waals surface area contributed by atoms with Crippen molar-refractivity contribution in [2.75, 3.05) is 0 Å². The molecule has 0 fully saturated rings. The minimum absolute atomic E-state index is 0.435. The predicted octanol–water partition coefficient (Wildman–Crippen LogP) is 10.1. The van der Waals surface area contributed by atoms with Crippen LogP contribution in [-0.2, 0) is 0 Å². The van der Waals surface area contributed by atoms with Crippen molar-refractivity contribution in [3.8, 4) is 57.0 Å². The summed E-state index contributed by atoms with van der Waals surface area (Å²) in [6.45, 7) is 2.10. The molecule has 8 aromatic rings. The molecule has 8 rings (SSSR count). The van der Waals surface area contributed by atoms with E-state index in [1.807, 2.05) is 84.9 Å². The molecule has 0 saturated heterocycles. The Morgan fingerprint density at radius 1 is 0.468 bits per heavy atom. The first kappa shape index (κ1) is 27.8. The number of rotatable bonds is 4. The third kappa shape index (κ3) is 4.75. The maximum absolute atomic E-state index is 9.72. The third-order valence-electron chi connectivity index (χ3n) is 8.58. The van der Waals surface area contributed by atoms with Crippen molar-refractivity contribution in [2.24, 2.45) is 0 Å². The second-order valence-electron chi connectivity index (χ2n) is 11.5. The molecule has 218 valence electrons. The minimum atomic E-state index is 0.435. The van der Waals surface area contributed by atoms with Gasteiger partial charge in [0.2, 0.25) is 0 Å². The lowest BCUT2D eigenvalue weighted by Crippen LogP contribution is -2.00. The fourth-order valence-electron chi connectivity index (χ4n) is 6.50. The van der Waals surface area contributed by atoms with Gasteiger partial charge in [0.25, 0.3) is 0 Å². The monoisotopic (exact) mass is 599 g/mol. The van der Waals surface area contributed by atoms with E-state index >= 15 is 0 Å². The highest BCUT2D eigenvalue weighted by atomic mass is 14.8. The lowest BCUT2D eigenvalue weighted by Gasteiger charge is -2.18. The zero-order valence-electron chi connectivity index (χ0n) is 25.4. The van der Waals surface area contributed by atoms with Crippen LogP contribution in [0, 0.1) is 29.6 Å². The van der Waals surface area contributed by atoms with Crippen LogP contribution in [0.3, 0.4) is 0 Å². The number of benzene rings is 6. The molecule has 0 unspecified atom stereocenters. The SMILES string of the molecule is Cc1cc2nc(-c3ccccc3)c(-c3ccccc3)nc2c2c1c(-c1ccccc1-c1cc(C#N)cc(C#N)c1)nc1ccccc12. The Labute approximate surface area is 271 Å². The molecule has 0 atom stereocenters. The molecule has 0 saturated carbocycles. The number of nitriles is 2. The Bertz CT molecular complexity index is 2560. The zero-order chi connectivity index (χ0) is 31.9. The van der Waals surface area contributed by atoms with Gasteiger partial charge in [-0.15, -0.1) is 0 Å². The van der Waals surface area contributed by atoms with Crippen molar-refractivity contribution < 1.29 is 0 Å². The molecular formula is C42H25N5. The molecule has 0 spiro atoms. The highest BCUT2D eigenvalue weighted by molar-refractivity contribution is 6.22. The topological polar surface area (TPSA) is 86.2 Å². The number of aryl methyl sites for hydroxylation is 1. The summed E-state index contributed by atoms with van der Waals surface area (Å²) in [4.78, 5) is 16.0. The van der Waals surface area contributed by atoms with Crippen LogP contribution in [-0.4, -0.2) is 15.0 Å². The van der Waals surface area contributed by atoms with E-state index < -0.39 is 0 Å². The van der Waals surface area contributed by atoms with E-state index in [4.69, 9.17) is 15.0 Å². The van der Waals surface area contributed by atoms with Crippen LogP contribution in [0.2, 0.25) is 0 Å². The normalized spacial score (nSPS) is 11.0. The minimum Gasteiger partial charge on any atom is -0.247 e. The fraction of sp³-hybridized carbons (Fsp3) is 0.0238. The number of pyridine rings is 1. The summed E-state index contributed by atoms with van der Waals surface area (Å²) in [6.07, 6.45) is 0. The summed E-state index contributed by atoms with van der Waals surface area (Å²) in [5, 5.41) is 22.4. The lowest BCUT2D eigenvalue weighted by atomic mass is 9.90. The van der Waals surface area contributed by atoms with E-state index in [-0.39, 0.29) is 0 Å². The van der Waals surface area contributed by atoms with E-state index in [1.54, 1.807) is 6.07 Å². The second-order valence-corrected chi connectivity index (χ2v) is 11.5. The largest absolute Gasteiger partial charge is 0.247 e. The van der Waals surface area contributed by atoms with Crippen molar-refractivity contribution in [1.29, 1.82) is 10.5 Å². The van der Waals surface area contributed by atoms with Gasteiger partial charge in [-0.2, -0.15) is 10.5 Å². The molecular weight excluding hydrogens is 574 g/mol. The van der Waals surface area contributed by atoms with E-state index in [0.29, 0.717) is 11.1 Å². The van der Waals surface area contributed by atoms with E-state index in [0.717, 1.165) is 83.2 Å². The molecule has 0 radical (unpaired) electrons. The second kappa shape index (κ2) is 11.3. The molecule has 0 N–H and O–H groups in total. The fourth-order valence-corrected chi connectivity index (χ4v) is 6.50. The first-order chi connectivity index (χ1) is 23.1. The summed E-state index contributed by atoms with van der Waals surface area (Å²) >= 11 is 0. The molecule has 6 aromatic carbocycles. The van der Waals surface area contributed by atoms with Gasteiger partial charge in [0, 0.05) is 32.8 Å². The number of hydrogen-bond acceptors (Lipinski definition) is 5. The first-order valence-corrected chi connectivity index (χ1v) is 15.3. The van der Waals surface area contributed by atoms with E-state index in [9.17, 15) is 10.5 Å². The summed E-state index contributed by atoms with van der Waals surface area (Å²) in [5.41, 5.74) is 11.4. The van der Waals surface area contributed by atoms with Gasteiger partial charge in [0.1, 0.15) is 0 Å². The van der Waals surface area contributed by atoms with Crippen LogP contribution in [0.1, 0.15) is 16.7 Å². The van der Waals surface area contributed by atoms with Crippen molar-refractivity contribution >= 4 is 32.7 Å². The molecule has 47 heavy (non-hydrogen) atoms. The average Bonchev–Trinajstić information content (AvgIpc) is 3.14.